The molecule has 0 fully saturated rings. The topological polar surface area (TPSA) is 44.5 Å². The highest BCUT2D eigenvalue weighted by Gasteiger charge is 2.19. The predicted molar refractivity (Wildman–Crippen MR) is 73.2 cm³/mol. The Balaban J connectivity index is 2.13. The number of hydrogen-bond donors (Lipinski definition) is 1. The largest absolute Gasteiger partial charge is 0.490 e. The molecular weight excluding hydrogens is 226 g/mol. The molecule has 0 aliphatic carbocycles. The zero-order valence-corrected chi connectivity index (χ0v) is 11.4. The van der Waals surface area contributed by atoms with Crippen LogP contribution in [0.1, 0.15) is 32.3 Å². The molecule has 0 atom stereocenters. The lowest BCUT2D eigenvalue weighted by Gasteiger charge is -2.24. The molecule has 1 aliphatic rings. The van der Waals surface area contributed by atoms with E-state index in [1.54, 1.807) is 0 Å². The molecule has 100 valence electrons. The molecule has 1 aromatic carbocycles. The van der Waals surface area contributed by atoms with E-state index in [1.807, 2.05) is 6.07 Å². The maximum absolute atomic E-state index is 5.71. The van der Waals surface area contributed by atoms with Gasteiger partial charge in [-0.2, -0.15) is 0 Å². The molecule has 0 saturated carbocycles. The minimum Gasteiger partial charge on any atom is -0.490 e. The first kappa shape index (κ1) is 13.2. The van der Waals surface area contributed by atoms with E-state index in [9.17, 15) is 0 Å². The Morgan fingerprint density at radius 1 is 1.17 bits per heavy atom. The molecule has 1 aromatic rings. The maximum Gasteiger partial charge on any atom is 0.161 e. The fourth-order valence-electron chi connectivity index (χ4n) is 2.35. The number of nitrogens with two attached hydrogens (primary N) is 1. The predicted octanol–water partition coefficient (Wildman–Crippen LogP) is 2.77. The molecule has 1 heterocycles. The average molecular weight is 249 g/mol. The molecule has 0 aromatic heterocycles. The fourth-order valence-corrected chi connectivity index (χ4v) is 2.35. The standard InChI is InChI=1S/C15H23NO2/c1-15(2,6-7-16)11-12-4-5-13-14(10-12)18-9-3-8-17-13/h4-5,10H,3,6-9,11,16H2,1-2H3. The lowest BCUT2D eigenvalue weighted by atomic mass is 9.83. The van der Waals surface area contributed by atoms with Crippen LogP contribution in [0.3, 0.4) is 0 Å². The van der Waals surface area contributed by atoms with Gasteiger partial charge in [0.1, 0.15) is 0 Å². The van der Waals surface area contributed by atoms with Crippen molar-refractivity contribution in [1.29, 1.82) is 0 Å². The van der Waals surface area contributed by atoms with Crippen molar-refractivity contribution in [2.24, 2.45) is 11.1 Å². The third-order valence-corrected chi connectivity index (χ3v) is 3.32. The molecule has 18 heavy (non-hydrogen) atoms. The van der Waals surface area contributed by atoms with Gasteiger partial charge < -0.3 is 15.2 Å². The summed E-state index contributed by atoms with van der Waals surface area (Å²) in [7, 11) is 0. The van der Waals surface area contributed by atoms with Crippen molar-refractivity contribution in [3.05, 3.63) is 23.8 Å². The molecule has 0 unspecified atom stereocenters. The van der Waals surface area contributed by atoms with Crippen LogP contribution in [-0.4, -0.2) is 19.8 Å². The van der Waals surface area contributed by atoms with Crippen molar-refractivity contribution in [1.82, 2.24) is 0 Å². The van der Waals surface area contributed by atoms with Crippen molar-refractivity contribution in [2.45, 2.75) is 33.1 Å². The van der Waals surface area contributed by atoms with Crippen LogP contribution in [0.15, 0.2) is 18.2 Å². The highest BCUT2D eigenvalue weighted by molar-refractivity contribution is 5.43. The molecule has 0 saturated heterocycles. The Morgan fingerprint density at radius 3 is 2.61 bits per heavy atom. The summed E-state index contributed by atoms with van der Waals surface area (Å²) >= 11 is 0. The van der Waals surface area contributed by atoms with Gasteiger partial charge >= 0.3 is 0 Å². The monoisotopic (exact) mass is 249 g/mol. The second-order valence-electron chi connectivity index (χ2n) is 5.71. The zero-order valence-electron chi connectivity index (χ0n) is 11.4. The van der Waals surface area contributed by atoms with Crippen LogP contribution in [-0.2, 0) is 6.42 Å². The lowest BCUT2D eigenvalue weighted by molar-refractivity contribution is 0.296. The first-order valence-corrected chi connectivity index (χ1v) is 6.69. The second-order valence-corrected chi connectivity index (χ2v) is 5.71. The van der Waals surface area contributed by atoms with Crippen LogP contribution >= 0.6 is 0 Å². The van der Waals surface area contributed by atoms with Gasteiger partial charge in [0.15, 0.2) is 11.5 Å². The average Bonchev–Trinajstić information content (AvgIpc) is 2.52. The van der Waals surface area contributed by atoms with Gasteiger partial charge in [0, 0.05) is 6.42 Å². The summed E-state index contributed by atoms with van der Waals surface area (Å²) in [4.78, 5) is 0. The smallest absolute Gasteiger partial charge is 0.161 e. The second kappa shape index (κ2) is 5.61. The van der Waals surface area contributed by atoms with Crippen LogP contribution in [0.5, 0.6) is 11.5 Å². The Bertz CT molecular complexity index is 401. The molecule has 2 N–H and O–H groups in total. The van der Waals surface area contributed by atoms with E-state index in [-0.39, 0.29) is 5.41 Å². The van der Waals surface area contributed by atoms with Gasteiger partial charge in [-0.1, -0.05) is 19.9 Å². The molecular formula is C15H23NO2. The van der Waals surface area contributed by atoms with Gasteiger partial charge in [-0.05, 0) is 42.5 Å². The molecule has 0 amide bonds. The minimum absolute atomic E-state index is 0.231. The Morgan fingerprint density at radius 2 is 1.89 bits per heavy atom. The number of benzene rings is 1. The van der Waals surface area contributed by atoms with E-state index in [1.165, 1.54) is 5.56 Å². The van der Waals surface area contributed by atoms with E-state index in [2.05, 4.69) is 26.0 Å². The Kier molecular flexibility index (Phi) is 4.12. The van der Waals surface area contributed by atoms with Gasteiger partial charge in [0.05, 0.1) is 13.2 Å². The molecule has 2 rings (SSSR count). The summed E-state index contributed by atoms with van der Waals surface area (Å²) in [5, 5.41) is 0. The van der Waals surface area contributed by atoms with Gasteiger partial charge in [-0.3, -0.25) is 0 Å². The minimum atomic E-state index is 0.231. The number of hydrogen-bond acceptors (Lipinski definition) is 3. The van der Waals surface area contributed by atoms with Gasteiger partial charge in [-0.25, -0.2) is 0 Å². The first-order chi connectivity index (χ1) is 8.61. The van der Waals surface area contributed by atoms with Crippen LogP contribution in [0.2, 0.25) is 0 Å². The van der Waals surface area contributed by atoms with Crippen molar-refractivity contribution >= 4 is 0 Å². The Hall–Kier alpha value is -1.22. The van der Waals surface area contributed by atoms with E-state index >= 15 is 0 Å². The van der Waals surface area contributed by atoms with Crippen molar-refractivity contribution in [3.63, 3.8) is 0 Å². The van der Waals surface area contributed by atoms with E-state index in [4.69, 9.17) is 15.2 Å². The van der Waals surface area contributed by atoms with E-state index in [0.717, 1.165) is 50.5 Å². The van der Waals surface area contributed by atoms with Crippen LogP contribution in [0.25, 0.3) is 0 Å². The van der Waals surface area contributed by atoms with Crippen molar-refractivity contribution in [3.8, 4) is 11.5 Å². The van der Waals surface area contributed by atoms with Gasteiger partial charge in [0.25, 0.3) is 0 Å². The summed E-state index contributed by atoms with van der Waals surface area (Å²) in [6.45, 7) is 6.72. The normalized spacial score (nSPS) is 15.3. The molecule has 3 nitrogen and oxygen atoms in total. The quantitative estimate of drug-likeness (QED) is 0.892. The third-order valence-electron chi connectivity index (χ3n) is 3.32. The summed E-state index contributed by atoms with van der Waals surface area (Å²) in [5.41, 5.74) is 7.18. The number of ether oxygens (including phenoxy) is 2. The van der Waals surface area contributed by atoms with Crippen LogP contribution < -0.4 is 15.2 Å². The highest BCUT2D eigenvalue weighted by atomic mass is 16.5. The van der Waals surface area contributed by atoms with Gasteiger partial charge in [-0.15, -0.1) is 0 Å². The summed E-state index contributed by atoms with van der Waals surface area (Å²) in [6, 6.07) is 6.26. The molecule has 1 aliphatic heterocycles. The molecule has 3 heteroatoms. The van der Waals surface area contributed by atoms with E-state index in [0.29, 0.717) is 0 Å². The molecule has 0 bridgehead atoms. The van der Waals surface area contributed by atoms with Crippen LogP contribution in [0, 0.1) is 5.41 Å². The first-order valence-electron chi connectivity index (χ1n) is 6.69. The number of fused-ring (bicyclic) bond motifs is 1. The van der Waals surface area contributed by atoms with Gasteiger partial charge in [0.2, 0.25) is 0 Å². The zero-order chi connectivity index (χ0) is 13.0. The molecule has 0 radical (unpaired) electrons. The fraction of sp³-hybridized carbons (Fsp3) is 0.600. The lowest BCUT2D eigenvalue weighted by Crippen LogP contribution is -2.19. The number of rotatable bonds is 4. The van der Waals surface area contributed by atoms with Crippen LogP contribution in [0.4, 0.5) is 0 Å². The van der Waals surface area contributed by atoms with Crippen molar-refractivity contribution < 1.29 is 9.47 Å². The maximum atomic E-state index is 5.71. The third kappa shape index (κ3) is 3.39. The SMILES string of the molecule is CC(C)(CCN)Cc1ccc2c(c1)OCCCO2. The molecule has 0 spiro atoms. The summed E-state index contributed by atoms with van der Waals surface area (Å²) < 4.78 is 11.3. The highest BCUT2D eigenvalue weighted by Crippen LogP contribution is 2.33. The van der Waals surface area contributed by atoms with Crippen molar-refractivity contribution in [2.75, 3.05) is 19.8 Å². The Labute approximate surface area is 109 Å². The summed E-state index contributed by atoms with van der Waals surface area (Å²) in [6.07, 6.45) is 2.99. The summed E-state index contributed by atoms with van der Waals surface area (Å²) in [5.74, 6) is 1.75. The van der Waals surface area contributed by atoms with E-state index < -0.39 is 0 Å².